The lowest BCUT2D eigenvalue weighted by Crippen LogP contribution is -2.62. The zero-order valence-electron chi connectivity index (χ0n) is 15.1. The third-order valence-corrected chi connectivity index (χ3v) is 5.20. The van der Waals surface area contributed by atoms with Gasteiger partial charge in [-0.05, 0) is 37.1 Å². The number of pyridine rings is 1. The van der Waals surface area contributed by atoms with E-state index >= 15 is 0 Å². The zero-order chi connectivity index (χ0) is 19.7. The van der Waals surface area contributed by atoms with Crippen LogP contribution in [0.2, 0.25) is 0 Å². The molecule has 4 rings (SSSR count). The highest BCUT2D eigenvalue weighted by Crippen LogP contribution is 2.32. The van der Waals surface area contributed by atoms with E-state index < -0.39 is 23.1 Å². The Morgan fingerprint density at radius 3 is 2.86 bits per heavy atom. The highest BCUT2D eigenvalue weighted by atomic mass is 19.1. The summed E-state index contributed by atoms with van der Waals surface area (Å²) in [5.41, 5.74) is -0.352. The SMILES string of the molecule is O=C(c1ccncc1F)N1CCCC2(C1)CN(c1cccc(F)c1)C(=O)CO2. The van der Waals surface area contributed by atoms with E-state index in [-0.39, 0.29) is 31.2 Å². The maximum absolute atomic E-state index is 14.0. The van der Waals surface area contributed by atoms with Crippen LogP contribution in [-0.2, 0) is 9.53 Å². The van der Waals surface area contributed by atoms with Crippen molar-refractivity contribution in [2.45, 2.75) is 18.4 Å². The quantitative estimate of drug-likeness (QED) is 0.794. The van der Waals surface area contributed by atoms with Gasteiger partial charge in [0.15, 0.2) is 5.82 Å². The molecule has 2 fully saturated rings. The summed E-state index contributed by atoms with van der Waals surface area (Å²) < 4.78 is 33.4. The molecule has 1 spiro atoms. The van der Waals surface area contributed by atoms with Crippen molar-refractivity contribution >= 4 is 17.5 Å². The molecule has 0 radical (unpaired) electrons. The molecule has 3 heterocycles. The highest BCUT2D eigenvalue weighted by molar-refractivity contribution is 5.96. The average molecular weight is 387 g/mol. The molecule has 1 aromatic heterocycles. The Morgan fingerprint density at radius 2 is 2.07 bits per heavy atom. The number of benzene rings is 1. The Kier molecular flexibility index (Phi) is 4.80. The molecular weight excluding hydrogens is 368 g/mol. The summed E-state index contributed by atoms with van der Waals surface area (Å²) in [6, 6.07) is 7.17. The number of nitrogens with zero attached hydrogens (tertiary/aromatic N) is 3. The van der Waals surface area contributed by atoms with Gasteiger partial charge in [-0.3, -0.25) is 14.6 Å². The molecule has 28 heavy (non-hydrogen) atoms. The molecule has 146 valence electrons. The predicted octanol–water partition coefficient (Wildman–Crippen LogP) is 2.40. The fourth-order valence-corrected chi connectivity index (χ4v) is 3.83. The van der Waals surface area contributed by atoms with Crippen LogP contribution in [0.4, 0.5) is 14.5 Å². The predicted molar refractivity (Wildman–Crippen MR) is 96.8 cm³/mol. The normalized spacial score (nSPS) is 22.6. The van der Waals surface area contributed by atoms with E-state index in [1.807, 2.05) is 0 Å². The van der Waals surface area contributed by atoms with E-state index in [1.54, 1.807) is 17.0 Å². The molecule has 1 atom stereocenters. The Bertz CT molecular complexity index is 923. The fourth-order valence-electron chi connectivity index (χ4n) is 3.83. The Labute approximate surface area is 160 Å². The van der Waals surface area contributed by atoms with E-state index in [0.717, 1.165) is 6.20 Å². The number of ether oxygens (including phenoxy) is 1. The minimum absolute atomic E-state index is 0.0408. The minimum atomic E-state index is -0.766. The van der Waals surface area contributed by atoms with Gasteiger partial charge < -0.3 is 14.5 Å². The number of halogens is 2. The summed E-state index contributed by atoms with van der Waals surface area (Å²) in [4.78, 5) is 31.8. The van der Waals surface area contributed by atoms with Crippen LogP contribution >= 0.6 is 0 Å². The second-order valence-electron chi connectivity index (χ2n) is 7.12. The number of carbonyl (C=O) groups is 2. The molecule has 2 saturated heterocycles. The van der Waals surface area contributed by atoms with Gasteiger partial charge in [0.25, 0.3) is 11.8 Å². The van der Waals surface area contributed by atoms with Crippen LogP contribution in [0.1, 0.15) is 23.2 Å². The molecule has 0 aliphatic carbocycles. The Hall–Kier alpha value is -2.87. The number of hydrogen-bond acceptors (Lipinski definition) is 4. The first-order valence-corrected chi connectivity index (χ1v) is 9.06. The van der Waals surface area contributed by atoms with Gasteiger partial charge in [-0.15, -0.1) is 0 Å². The van der Waals surface area contributed by atoms with E-state index in [4.69, 9.17) is 4.74 Å². The topological polar surface area (TPSA) is 62.7 Å². The zero-order valence-corrected chi connectivity index (χ0v) is 15.1. The van der Waals surface area contributed by atoms with E-state index in [0.29, 0.717) is 25.1 Å². The summed E-state index contributed by atoms with van der Waals surface area (Å²) in [6.45, 7) is 0.756. The van der Waals surface area contributed by atoms with Crippen molar-refractivity contribution < 1.29 is 23.1 Å². The third-order valence-electron chi connectivity index (χ3n) is 5.20. The number of amides is 2. The summed E-state index contributed by atoms with van der Waals surface area (Å²) in [7, 11) is 0. The molecule has 0 bridgehead atoms. The van der Waals surface area contributed by atoms with Crippen LogP contribution in [-0.4, -0.2) is 53.5 Å². The molecule has 6 nitrogen and oxygen atoms in total. The molecule has 0 saturated carbocycles. The van der Waals surface area contributed by atoms with Gasteiger partial charge in [0, 0.05) is 18.4 Å². The number of aromatic nitrogens is 1. The van der Waals surface area contributed by atoms with E-state index in [1.165, 1.54) is 29.3 Å². The van der Waals surface area contributed by atoms with Gasteiger partial charge in [0.2, 0.25) is 0 Å². The van der Waals surface area contributed by atoms with Crippen molar-refractivity contribution in [1.29, 1.82) is 0 Å². The minimum Gasteiger partial charge on any atom is -0.361 e. The summed E-state index contributed by atoms with van der Waals surface area (Å²) in [6.07, 6.45) is 3.68. The van der Waals surface area contributed by atoms with Gasteiger partial charge in [-0.1, -0.05) is 6.07 Å². The smallest absolute Gasteiger partial charge is 0.257 e. The second-order valence-corrected chi connectivity index (χ2v) is 7.12. The van der Waals surface area contributed by atoms with Crippen molar-refractivity contribution in [3.05, 3.63) is 59.9 Å². The molecular formula is C20H19F2N3O3. The van der Waals surface area contributed by atoms with Crippen LogP contribution in [0, 0.1) is 11.6 Å². The standard InChI is InChI=1S/C20H19F2N3O3/c21-14-3-1-4-15(9-14)25-13-20(28-11-18(25)26)6-2-8-24(12-20)19(27)16-5-7-23-10-17(16)22/h1,3-5,7,9-10H,2,6,8,11-13H2. The molecule has 2 aromatic rings. The first-order chi connectivity index (χ1) is 13.5. The van der Waals surface area contributed by atoms with E-state index in [2.05, 4.69) is 4.98 Å². The molecule has 2 amide bonds. The number of anilines is 1. The van der Waals surface area contributed by atoms with E-state index in [9.17, 15) is 18.4 Å². The van der Waals surface area contributed by atoms with Crippen LogP contribution < -0.4 is 4.90 Å². The maximum atomic E-state index is 14.0. The van der Waals surface area contributed by atoms with Gasteiger partial charge in [0.1, 0.15) is 18.0 Å². The molecule has 8 heteroatoms. The number of piperidine rings is 1. The van der Waals surface area contributed by atoms with Crippen molar-refractivity contribution in [1.82, 2.24) is 9.88 Å². The van der Waals surface area contributed by atoms with Crippen LogP contribution in [0.25, 0.3) is 0 Å². The number of rotatable bonds is 2. The van der Waals surface area contributed by atoms with Crippen molar-refractivity contribution in [2.24, 2.45) is 0 Å². The van der Waals surface area contributed by atoms with Crippen LogP contribution in [0.5, 0.6) is 0 Å². The molecule has 2 aliphatic rings. The number of hydrogen-bond donors (Lipinski definition) is 0. The van der Waals surface area contributed by atoms with Crippen LogP contribution in [0.3, 0.4) is 0 Å². The van der Waals surface area contributed by atoms with Gasteiger partial charge in [-0.2, -0.15) is 0 Å². The second kappa shape index (κ2) is 7.27. The lowest BCUT2D eigenvalue weighted by Gasteiger charge is -2.47. The van der Waals surface area contributed by atoms with Crippen molar-refractivity contribution in [2.75, 3.05) is 31.1 Å². The highest BCUT2D eigenvalue weighted by Gasteiger charge is 2.44. The maximum Gasteiger partial charge on any atom is 0.257 e. The third kappa shape index (κ3) is 3.47. The summed E-state index contributed by atoms with van der Waals surface area (Å²) in [5, 5.41) is 0. The number of carbonyl (C=O) groups excluding carboxylic acids is 2. The molecule has 1 unspecified atom stereocenters. The molecule has 1 aromatic carbocycles. The average Bonchev–Trinajstić information content (AvgIpc) is 2.70. The Balaban J connectivity index is 1.56. The van der Waals surface area contributed by atoms with Crippen molar-refractivity contribution in [3.63, 3.8) is 0 Å². The summed E-state index contributed by atoms with van der Waals surface area (Å²) >= 11 is 0. The first-order valence-electron chi connectivity index (χ1n) is 9.06. The number of morpholine rings is 1. The van der Waals surface area contributed by atoms with Crippen LogP contribution in [0.15, 0.2) is 42.7 Å². The molecule has 0 N–H and O–H groups in total. The van der Waals surface area contributed by atoms with Gasteiger partial charge in [-0.25, -0.2) is 8.78 Å². The Morgan fingerprint density at radius 1 is 1.21 bits per heavy atom. The number of likely N-dealkylation sites (tertiary alicyclic amines) is 1. The first kappa shape index (κ1) is 18.5. The monoisotopic (exact) mass is 387 g/mol. The molecule has 2 aliphatic heterocycles. The lowest BCUT2D eigenvalue weighted by molar-refractivity contribution is -0.144. The largest absolute Gasteiger partial charge is 0.361 e. The lowest BCUT2D eigenvalue weighted by atomic mass is 9.90. The summed E-state index contributed by atoms with van der Waals surface area (Å²) in [5.74, 6) is -1.80. The van der Waals surface area contributed by atoms with Gasteiger partial charge in [0.05, 0.1) is 24.8 Å². The fraction of sp³-hybridized carbons (Fsp3) is 0.350. The van der Waals surface area contributed by atoms with Crippen molar-refractivity contribution in [3.8, 4) is 0 Å². The van der Waals surface area contributed by atoms with Gasteiger partial charge >= 0.3 is 0 Å².